The van der Waals surface area contributed by atoms with E-state index in [1.807, 2.05) is 0 Å². The molecule has 0 atom stereocenters. The Hall–Kier alpha value is -0.860. The van der Waals surface area contributed by atoms with E-state index < -0.39 is 0 Å². The first kappa shape index (κ1) is 14.1. The van der Waals surface area contributed by atoms with Crippen LogP contribution in [0.15, 0.2) is 24.3 Å². The minimum atomic E-state index is -0.0272. The summed E-state index contributed by atoms with van der Waals surface area (Å²) in [5.74, 6) is 1.55. The standard InChI is InChI=1S/C18H27NO/c1-13-3-2-4-15(9-13)16-10-17(11-16)19-12-14-5-7-18(20)8-6-14/h2-4,9,14,16-20H,5-8,10-12H2,1H3. The molecule has 2 aliphatic rings. The number of aliphatic hydroxyl groups is 1. The maximum Gasteiger partial charge on any atom is 0.0540 e. The third-order valence-corrected chi connectivity index (χ3v) is 5.16. The van der Waals surface area contributed by atoms with Gasteiger partial charge >= 0.3 is 0 Å². The lowest BCUT2D eigenvalue weighted by Crippen LogP contribution is -2.42. The largest absolute Gasteiger partial charge is 0.393 e. The van der Waals surface area contributed by atoms with E-state index in [1.165, 1.54) is 36.8 Å². The van der Waals surface area contributed by atoms with Crippen molar-refractivity contribution in [1.82, 2.24) is 5.32 Å². The van der Waals surface area contributed by atoms with Crippen LogP contribution in [0.5, 0.6) is 0 Å². The Kier molecular flexibility index (Phi) is 4.42. The predicted octanol–water partition coefficient (Wildman–Crippen LogP) is 3.38. The van der Waals surface area contributed by atoms with E-state index >= 15 is 0 Å². The van der Waals surface area contributed by atoms with Crippen LogP contribution >= 0.6 is 0 Å². The Morgan fingerprint density at radius 1 is 1.15 bits per heavy atom. The lowest BCUT2D eigenvalue weighted by molar-refractivity contribution is 0.106. The molecule has 2 nitrogen and oxygen atoms in total. The van der Waals surface area contributed by atoms with Gasteiger partial charge in [-0.25, -0.2) is 0 Å². The zero-order valence-corrected chi connectivity index (χ0v) is 12.5. The van der Waals surface area contributed by atoms with Crippen molar-refractivity contribution in [2.45, 2.75) is 63.5 Å². The number of nitrogens with one attached hydrogen (secondary N) is 1. The molecule has 0 saturated heterocycles. The van der Waals surface area contributed by atoms with Gasteiger partial charge in [0, 0.05) is 6.04 Å². The van der Waals surface area contributed by atoms with Crippen molar-refractivity contribution < 1.29 is 5.11 Å². The Bertz CT molecular complexity index is 431. The van der Waals surface area contributed by atoms with Gasteiger partial charge in [-0.3, -0.25) is 0 Å². The van der Waals surface area contributed by atoms with Crippen LogP contribution in [0.25, 0.3) is 0 Å². The summed E-state index contributed by atoms with van der Waals surface area (Å²) in [5, 5.41) is 13.3. The molecule has 2 aliphatic carbocycles. The van der Waals surface area contributed by atoms with E-state index in [-0.39, 0.29) is 6.10 Å². The molecule has 0 bridgehead atoms. The Morgan fingerprint density at radius 3 is 2.60 bits per heavy atom. The fourth-order valence-corrected chi connectivity index (χ4v) is 3.66. The highest BCUT2D eigenvalue weighted by molar-refractivity contribution is 5.27. The molecule has 0 aromatic heterocycles. The fraction of sp³-hybridized carbons (Fsp3) is 0.667. The first-order chi connectivity index (χ1) is 9.70. The number of benzene rings is 1. The molecule has 0 unspecified atom stereocenters. The van der Waals surface area contributed by atoms with Gasteiger partial charge in [-0.05, 0) is 69.4 Å². The van der Waals surface area contributed by atoms with E-state index in [9.17, 15) is 5.11 Å². The second-order valence-corrected chi connectivity index (χ2v) is 6.86. The normalized spacial score (nSPS) is 33.7. The average molecular weight is 273 g/mol. The van der Waals surface area contributed by atoms with Gasteiger partial charge in [0.2, 0.25) is 0 Å². The second-order valence-electron chi connectivity index (χ2n) is 6.86. The van der Waals surface area contributed by atoms with E-state index in [1.54, 1.807) is 0 Å². The highest BCUT2D eigenvalue weighted by Gasteiger charge is 2.30. The maximum atomic E-state index is 9.52. The quantitative estimate of drug-likeness (QED) is 0.881. The van der Waals surface area contributed by atoms with Gasteiger partial charge in [-0.15, -0.1) is 0 Å². The van der Waals surface area contributed by atoms with Crippen LogP contribution in [0.2, 0.25) is 0 Å². The first-order valence-electron chi connectivity index (χ1n) is 8.18. The lowest BCUT2D eigenvalue weighted by atomic mass is 9.75. The van der Waals surface area contributed by atoms with Crippen molar-refractivity contribution >= 4 is 0 Å². The van der Waals surface area contributed by atoms with Crippen LogP contribution in [0, 0.1) is 12.8 Å². The molecule has 0 spiro atoms. The smallest absolute Gasteiger partial charge is 0.0540 e. The van der Waals surface area contributed by atoms with Crippen molar-refractivity contribution in [2.75, 3.05) is 6.54 Å². The average Bonchev–Trinajstić information content (AvgIpc) is 2.39. The minimum Gasteiger partial charge on any atom is -0.393 e. The van der Waals surface area contributed by atoms with E-state index in [0.29, 0.717) is 6.04 Å². The molecule has 0 amide bonds. The molecule has 0 heterocycles. The number of rotatable bonds is 4. The molecule has 2 saturated carbocycles. The molecule has 0 radical (unpaired) electrons. The van der Waals surface area contributed by atoms with E-state index in [2.05, 4.69) is 36.5 Å². The highest BCUT2D eigenvalue weighted by Crippen LogP contribution is 2.37. The van der Waals surface area contributed by atoms with Crippen LogP contribution in [0.4, 0.5) is 0 Å². The maximum absolute atomic E-state index is 9.52. The van der Waals surface area contributed by atoms with Crippen molar-refractivity contribution in [1.29, 1.82) is 0 Å². The molecular formula is C18H27NO. The van der Waals surface area contributed by atoms with Crippen molar-refractivity contribution in [2.24, 2.45) is 5.92 Å². The van der Waals surface area contributed by atoms with Crippen molar-refractivity contribution in [3.8, 4) is 0 Å². The summed E-state index contributed by atoms with van der Waals surface area (Å²) >= 11 is 0. The molecule has 0 aliphatic heterocycles. The minimum absolute atomic E-state index is 0.0272. The fourth-order valence-electron chi connectivity index (χ4n) is 3.66. The summed E-state index contributed by atoms with van der Waals surface area (Å²) in [6, 6.07) is 9.68. The van der Waals surface area contributed by atoms with Crippen molar-refractivity contribution in [3.05, 3.63) is 35.4 Å². The first-order valence-corrected chi connectivity index (χ1v) is 8.18. The Morgan fingerprint density at radius 2 is 1.90 bits per heavy atom. The number of hydrogen-bond donors (Lipinski definition) is 2. The SMILES string of the molecule is Cc1cccc(C2CC(NCC3CCC(O)CC3)C2)c1. The number of hydrogen-bond acceptors (Lipinski definition) is 2. The Labute approximate surface area is 122 Å². The van der Waals surface area contributed by atoms with Gasteiger partial charge in [0.1, 0.15) is 0 Å². The van der Waals surface area contributed by atoms with Gasteiger partial charge in [0.15, 0.2) is 0 Å². The Balaban J connectivity index is 1.38. The third-order valence-electron chi connectivity index (χ3n) is 5.16. The summed E-state index contributed by atoms with van der Waals surface area (Å²) in [7, 11) is 0. The molecule has 110 valence electrons. The summed E-state index contributed by atoms with van der Waals surface area (Å²) in [6.45, 7) is 3.33. The monoisotopic (exact) mass is 273 g/mol. The predicted molar refractivity (Wildman–Crippen MR) is 82.9 cm³/mol. The summed E-state index contributed by atoms with van der Waals surface area (Å²) in [6.07, 6.45) is 6.95. The molecule has 20 heavy (non-hydrogen) atoms. The van der Waals surface area contributed by atoms with E-state index in [4.69, 9.17) is 0 Å². The summed E-state index contributed by atoms with van der Waals surface area (Å²) in [4.78, 5) is 0. The molecular weight excluding hydrogens is 246 g/mol. The molecule has 2 N–H and O–H groups in total. The molecule has 2 heteroatoms. The highest BCUT2D eigenvalue weighted by atomic mass is 16.3. The van der Waals surface area contributed by atoms with E-state index in [0.717, 1.165) is 31.2 Å². The van der Waals surface area contributed by atoms with Gasteiger partial charge in [0.05, 0.1) is 6.10 Å². The van der Waals surface area contributed by atoms with Gasteiger partial charge in [-0.1, -0.05) is 29.8 Å². The molecule has 1 aromatic carbocycles. The lowest BCUT2D eigenvalue weighted by Gasteiger charge is -2.38. The molecule has 2 fully saturated rings. The second kappa shape index (κ2) is 6.28. The number of aryl methyl sites for hydroxylation is 1. The molecule has 3 rings (SSSR count). The van der Waals surface area contributed by atoms with Crippen LogP contribution < -0.4 is 5.32 Å². The summed E-state index contributed by atoms with van der Waals surface area (Å²) < 4.78 is 0. The topological polar surface area (TPSA) is 32.3 Å². The van der Waals surface area contributed by atoms with Crippen LogP contribution in [0.3, 0.4) is 0 Å². The van der Waals surface area contributed by atoms with Crippen LogP contribution in [-0.4, -0.2) is 23.8 Å². The van der Waals surface area contributed by atoms with Crippen LogP contribution in [0.1, 0.15) is 55.6 Å². The van der Waals surface area contributed by atoms with Gasteiger partial charge in [-0.2, -0.15) is 0 Å². The van der Waals surface area contributed by atoms with Crippen LogP contribution in [-0.2, 0) is 0 Å². The zero-order valence-electron chi connectivity index (χ0n) is 12.5. The number of aliphatic hydroxyl groups excluding tert-OH is 1. The third kappa shape index (κ3) is 3.42. The zero-order chi connectivity index (χ0) is 13.9. The van der Waals surface area contributed by atoms with Gasteiger partial charge < -0.3 is 10.4 Å². The van der Waals surface area contributed by atoms with Crippen molar-refractivity contribution in [3.63, 3.8) is 0 Å². The van der Waals surface area contributed by atoms with Gasteiger partial charge in [0.25, 0.3) is 0 Å². The summed E-state index contributed by atoms with van der Waals surface area (Å²) in [5.41, 5.74) is 2.89. The molecule has 1 aromatic rings.